The van der Waals surface area contributed by atoms with Crippen molar-refractivity contribution >= 4 is 46.6 Å². The summed E-state index contributed by atoms with van der Waals surface area (Å²) in [7, 11) is 0. The number of aromatic nitrogens is 1. The number of rotatable bonds is 6. The van der Waals surface area contributed by atoms with Crippen molar-refractivity contribution in [3.8, 4) is 11.3 Å². The second-order valence-corrected chi connectivity index (χ2v) is 11.1. The minimum Gasteiger partial charge on any atom is -0.478 e. The van der Waals surface area contributed by atoms with Crippen LogP contribution >= 0.6 is 22.9 Å². The first-order valence-electron chi connectivity index (χ1n) is 13.0. The van der Waals surface area contributed by atoms with Crippen LogP contribution in [-0.4, -0.2) is 21.6 Å². The van der Waals surface area contributed by atoms with E-state index < -0.39 is 29.3 Å². The summed E-state index contributed by atoms with van der Waals surface area (Å²) >= 11 is 7.25. The molecule has 214 valence electrons. The molecule has 0 saturated heterocycles. The number of carboxylic acids is 1. The third-order valence-electron chi connectivity index (χ3n) is 6.87. The second-order valence-electron chi connectivity index (χ2n) is 9.66. The SMILES string of the molecule is CC1=C(C(=O)Nc2ccccc2)[C@@H](c2ccc(F)cc2)n2c(s/c(=C\c3ccc(-c4ccc(C(=O)O)c(Cl)c4)o3)c2=O)=N1. The summed E-state index contributed by atoms with van der Waals surface area (Å²) in [5, 5.41) is 12.2. The maximum Gasteiger partial charge on any atom is 0.337 e. The molecule has 0 aliphatic carbocycles. The highest BCUT2D eigenvalue weighted by molar-refractivity contribution is 7.07. The predicted molar refractivity (Wildman–Crippen MR) is 161 cm³/mol. The molecule has 3 aromatic carbocycles. The van der Waals surface area contributed by atoms with Gasteiger partial charge in [-0.3, -0.25) is 14.2 Å². The normalized spacial score (nSPS) is 14.8. The van der Waals surface area contributed by atoms with Gasteiger partial charge in [0.1, 0.15) is 17.3 Å². The Bertz CT molecular complexity index is 2110. The van der Waals surface area contributed by atoms with Crippen molar-refractivity contribution in [2.24, 2.45) is 4.99 Å². The summed E-state index contributed by atoms with van der Waals surface area (Å²) in [4.78, 5) is 43.7. The van der Waals surface area contributed by atoms with Crippen LogP contribution in [0.5, 0.6) is 0 Å². The van der Waals surface area contributed by atoms with Crippen molar-refractivity contribution in [2.45, 2.75) is 13.0 Å². The monoisotopic (exact) mass is 613 g/mol. The number of thiazole rings is 1. The van der Waals surface area contributed by atoms with Gasteiger partial charge in [-0.2, -0.15) is 0 Å². The van der Waals surface area contributed by atoms with Crippen LogP contribution in [0.15, 0.2) is 110 Å². The van der Waals surface area contributed by atoms with Gasteiger partial charge in [0, 0.05) is 17.3 Å². The molecular formula is C32H21ClFN3O5S. The zero-order chi connectivity index (χ0) is 30.2. The van der Waals surface area contributed by atoms with Crippen molar-refractivity contribution in [2.75, 3.05) is 5.32 Å². The number of fused-ring (bicyclic) bond motifs is 1. The first-order chi connectivity index (χ1) is 20.7. The smallest absolute Gasteiger partial charge is 0.337 e. The van der Waals surface area contributed by atoms with E-state index in [-0.39, 0.29) is 16.2 Å². The van der Waals surface area contributed by atoms with Crippen LogP contribution in [0.25, 0.3) is 17.4 Å². The van der Waals surface area contributed by atoms with Crippen LogP contribution in [-0.2, 0) is 4.79 Å². The summed E-state index contributed by atoms with van der Waals surface area (Å²) in [5.74, 6) is -1.21. The van der Waals surface area contributed by atoms with Gasteiger partial charge in [-0.1, -0.05) is 59.3 Å². The molecule has 0 unspecified atom stereocenters. The lowest BCUT2D eigenvalue weighted by Gasteiger charge is -2.25. The highest BCUT2D eigenvalue weighted by atomic mass is 35.5. The molecule has 1 amide bonds. The van der Waals surface area contributed by atoms with Crippen molar-refractivity contribution in [3.05, 3.63) is 144 Å². The maximum absolute atomic E-state index is 13.9. The molecular weight excluding hydrogens is 593 g/mol. The van der Waals surface area contributed by atoms with Gasteiger partial charge < -0.3 is 14.8 Å². The average Bonchev–Trinajstić information content (AvgIpc) is 3.57. The van der Waals surface area contributed by atoms with E-state index >= 15 is 0 Å². The fourth-order valence-corrected chi connectivity index (χ4v) is 6.14. The Morgan fingerprint density at radius 3 is 2.51 bits per heavy atom. The molecule has 0 bridgehead atoms. The highest BCUT2D eigenvalue weighted by Gasteiger charge is 2.32. The number of allylic oxidation sites excluding steroid dienone is 1. The van der Waals surface area contributed by atoms with Gasteiger partial charge in [-0.15, -0.1) is 0 Å². The van der Waals surface area contributed by atoms with E-state index in [0.29, 0.717) is 43.4 Å². The largest absolute Gasteiger partial charge is 0.478 e. The van der Waals surface area contributed by atoms with E-state index in [2.05, 4.69) is 10.3 Å². The first-order valence-corrected chi connectivity index (χ1v) is 14.2. The van der Waals surface area contributed by atoms with Gasteiger partial charge in [-0.05, 0) is 61.0 Å². The van der Waals surface area contributed by atoms with Crippen LogP contribution in [0.4, 0.5) is 10.1 Å². The number of nitrogens with zero attached hydrogens (tertiary/aromatic N) is 2. The van der Waals surface area contributed by atoms with Crippen LogP contribution in [0.1, 0.15) is 34.6 Å². The van der Waals surface area contributed by atoms with E-state index in [1.165, 1.54) is 28.8 Å². The lowest BCUT2D eigenvalue weighted by Crippen LogP contribution is -2.40. The lowest BCUT2D eigenvalue weighted by molar-refractivity contribution is -0.113. The van der Waals surface area contributed by atoms with E-state index in [0.717, 1.165) is 11.3 Å². The third kappa shape index (κ3) is 5.45. The number of nitrogens with one attached hydrogen (secondary N) is 1. The quantitative estimate of drug-likeness (QED) is 0.258. The Balaban J connectivity index is 1.42. The summed E-state index contributed by atoms with van der Waals surface area (Å²) < 4.78 is 21.6. The Kier molecular flexibility index (Phi) is 7.39. The number of benzene rings is 3. The van der Waals surface area contributed by atoms with Gasteiger partial charge >= 0.3 is 5.97 Å². The van der Waals surface area contributed by atoms with E-state index in [1.54, 1.807) is 67.6 Å². The standard InChI is InChI=1S/C32H21ClFN3O5S/c1-17-27(29(38)36-21-5-3-2-4-6-21)28(18-7-10-20(34)11-8-18)37-30(39)26(43-32(37)35-17)16-22-12-14-25(42-22)19-9-13-23(31(40)41)24(33)15-19/h2-16,28H,1H3,(H,36,38)(H,40,41)/b26-16-/t28-/m1/s1. The van der Waals surface area contributed by atoms with Crippen LogP contribution in [0.2, 0.25) is 5.02 Å². The Morgan fingerprint density at radius 1 is 1.07 bits per heavy atom. The fourth-order valence-electron chi connectivity index (χ4n) is 4.85. The van der Waals surface area contributed by atoms with Crippen molar-refractivity contribution in [1.29, 1.82) is 0 Å². The molecule has 0 spiro atoms. The second kappa shape index (κ2) is 11.3. The topological polar surface area (TPSA) is 114 Å². The summed E-state index contributed by atoms with van der Waals surface area (Å²) in [6.45, 7) is 1.70. The number of halogens is 2. The van der Waals surface area contributed by atoms with Crippen LogP contribution < -0.4 is 20.2 Å². The molecule has 11 heteroatoms. The van der Waals surface area contributed by atoms with Crippen molar-refractivity contribution in [1.82, 2.24) is 4.57 Å². The Morgan fingerprint density at radius 2 is 1.81 bits per heavy atom. The average molecular weight is 614 g/mol. The van der Waals surface area contributed by atoms with Gasteiger partial charge in [-0.25, -0.2) is 14.2 Å². The van der Waals surface area contributed by atoms with E-state index in [1.807, 2.05) is 6.07 Å². The zero-order valence-corrected chi connectivity index (χ0v) is 23.9. The summed E-state index contributed by atoms with van der Waals surface area (Å²) in [6.07, 6.45) is 1.57. The summed E-state index contributed by atoms with van der Waals surface area (Å²) in [5.41, 5.74) is 1.95. The number of carboxylic acid groups (broad SMARTS) is 1. The molecule has 0 fully saturated rings. The molecule has 2 aromatic heterocycles. The number of amides is 1. The molecule has 0 radical (unpaired) electrons. The Hall–Kier alpha value is -5.06. The molecule has 0 saturated carbocycles. The molecule has 3 heterocycles. The van der Waals surface area contributed by atoms with Crippen molar-refractivity contribution < 1.29 is 23.5 Å². The maximum atomic E-state index is 13.9. The van der Waals surface area contributed by atoms with Crippen molar-refractivity contribution in [3.63, 3.8) is 0 Å². The number of carbonyl (C=O) groups excluding carboxylic acids is 1. The fraction of sp³-hybridized carbons (Fsp3) is 0.0625. The minimum atomic E-state index is -1.14. The minimum absolute atomic E-state index is 0.0267. The van der Waals surface area contributed by atoms with Gasteiger partial charge in [0.15, 0.2) is 4.80 Å². The van der Waals surface area contributed by atoms with Crippen LogP contribution in [0, 0.1) is 5.82 Å². The van der Waals surface area contributed by atoms with Gasteiger partial charge in [0.2, 0.25) is 0 Å². The number of furan rings is 1. The molecule has 2 N–H and O–H groups in total. The number of carbonyl (C=O) groups is 2. The molecule has 1 atom stereocenters. The molecule has 6 rings (SSSR count). The molecule has 5 aromatic rings. The number of hydrogen-bond donors (Lipinski definition) is 2. The van der Waals surface area contributed by atoms with Crippen LogP contribution in [0.3, 0.4) is 0 Å². The molecule has 8 nitrogen and oxygen atoms in total. The van der Waals surface area contributed by atoms with E-state index in [4.69, 9.17) is 16.0 Å². The highest BCUT2D eigenvalue weighted by Crippen LogP contribution is 2.31. The number of hydrogen-bond acceptors (Lipinski definition) is 6. The third-order valence-corrected chi connectivity index (χ3v) is 8.16. The predicted octanol–water partition coefficient (Wildman–Crippen LogP) is 5.62. The summed E-state index contributed by atoms with van der Waals surface area (Å²) in [6, 6.07) is 21.6. The zero-order valence-electron chi connectivity index (χ0n) is 22.4. The van der Waals surface area contributed by atoms with Gasteiger partial charge in [0.05, 0.1) is 32.4 Å². The number of para-hydroxylation sites is 1. The first kappa shape index (κ1) is 28.1. The molecule has 1 aliphatic rings. The van der Waals surface area contributed by atoms with Gasteiger partial charge in [0.25, 0.3) is 11.5 Å². The number of anilines is 1. The van der Waals surface area contributed by atoms with E-state index in [9.17, 15) is 23.9 Å². The lowest BCUT2D eigenvalue weighted by atomic mass is 9.95. The number of aromatic carboxylic acids is 1. The molecule has 43 heavy (non-hydrogen) atoms. The molecule has 1 aliphatic heterocycles. The Labute approximate surface area is 252 Å².